The number of carbonyl (C=O) groups is 4. The van der Waals surface area contributed by atoms with Crippen molar-refractivity contribution < 1.29 is 28.7 Å². The summed E-state index contributed by atoms with van der Waals surface area (Å²) >= 11 is 0. The maximum absolute atomic E-state index is 12.8. The van der Waals surface area contributed by atoms with E-state index in [0.717, 1.165) is 47.0 Å². The highest BCUT2D eigenvalue weighted by molar-refractivity contribution is 6.07. The Hall–Kier alpha value is -3.62. The lowest BCUT2D eigenvalue weighted by molar-refractivity contribution is -0.143. The van der Waals surface area contributed by atoms with E-state index in [4.69, 9.17) is 9.47 Å². The first kappa shape index (κ1) is 25.5. The predicted molar refractivity (Wildman–Crippen MR) is 132 cm³/mol. The molecular weight excluding hydrogens is 462 g/mol. The van der Waals surface area contributed by atoms with Crippen molar-refractivity contribution in [2.75, 3.05) is 19.8 Å². The molecule has 4 rings (SSSR count). The number of benzene rings is 1. The molecule has 1 saturated heterocycles. The number of ketones is 1. The molecule has 1 saturated carbocycles. The summed E-state index contributed by atoms with van der Waals surface area (Å²) in [4.78, 5) is 51.4. The highest BCUT2D eigenvalue weighted by Gasteiger charge is 2.51. The highest BCUT2D eigenvalue weighted by atomic mass is 16.5. The van der Waals surface area contributed by atoms with Gasteiger partial charge < -0.3 is 19.4 Å². The van der Waals surface area contributed by atoms with Gasteiger partial charge in [0, 0.05) is 29.2 Å². The molecule has 1 aromatic carbocycles. The van der Waals surface area contributed by atoms with Crippen LogP contribution < -0.4 is 10.1 Å². The Labute approximate surface area is 210 Å². The van der Waals surface area contributed by atoms with E-state index in [9.17, 15) is 19.2 Å². The lowest BCUT2D eigenvalue weighted by atomic mass is 9.82. The summed E-state index contributed by atoms with van der Waals surface area (Å²) in [6, 6.07) is 8.91. The number of carbonyl (C=O) groups excluding carboxylic acids is 4. The molecule has 0 radical (unpaired) electrons. The van der Waals surface area contributed by atoms with Crippen molar-refractivity contribution in [1.29, 1.82) is 0 Å². The molecule has 192 valence electrons. The van der Waals surface area contributed by atoms with Crippen LogP contribution in [0.15, 0.2) is 30.3 Å². The van der Waals surface area contributed by atoms with Crippen molar-refractivity contribution in [2.45, 2.75) is 64.8 Å². The van der Waals surface area contributed by atoms with Crippen molar-refractivity contribution in [1.82, 2.24) is 14.8 Å². The largest absolute Gasteiger partial charge is 0.494 e. The van der Waals surface area contributed by atoms with E-state index in [0.29, 0.717) is 25.0 Å². The smallest absolute Gasteiger partial charge is 0.325 e. The van der Waals surface area contributed by atoms with Gasteiger partial charge in [-0.1, -0.05) is 19.3 Å². The Morgan fingerprint density at radius 1 is 1.06 bits per heavy atom. The van der Waals surface area contributed by atoms with E-state index in [1.165, 1.54) is 0 Å². The molecule has 9 heteroatoms. The van der Waals surface area contributed by atoms with Gasteiger partial charge in [-0.3, -0.25) is 19.3 Å². The van der Waals surface area contributed by atoms with Gasteiger partial charge in [0.25, 0.3) is 5.91 Å². The normalized spacial score (nSPS) is 16.8. The number of ether oxygens (including phenoxy) is 2. The lowest BCUT2D eigenvalue weighted by Gasteiger charge is -2.30. The monoisotopic (exact) mass is 495 g/mol. The number of Topliss-reactive ketones (excluding diaryl/α,β-unsaturated/α-hetero) is 1. The van der Waals surface area contributed by atoms with Crippen LogP contribution in [0.2, 0.25) is 0 Å². The molecule has 3 amide bonds. The maximum Gasteiger partial charge on any atom is 0.325 e. The fourth-order valence-corrected chi connectivity index (χ4v) is 5.17. The number of urea groups is 1. The van der Waals surface area contributed by atoms with Gasteiger partial charge in [0.05, 0.1) is 13.0 Å². The van der Waals surface area contributed by atoms with E-state index >= 15 is 0 Å². The lowest BCUT2D eigenvalue weighted by Crippen LogP contribution is -2.48. The summed E-state index contributed by atoms with van der Waals surface area (Å²) in [5.41, 5.74) is 2.17. The van der Waals surface area contributed by atoms with Crippen molar-refractivity contribution in [2.24, 2.45) is 0 Å². The van der Waals surface area contributed by atoms with Crippen molar-refractivity contribution in [3.8, 4) is 11.4 Å². The molecule has 2 heterocycles. The molecule has 36 heavy (non-hydrogen) atoms. The standard InChI is InChI=1S/C27H33N3O6/c1-4-35-21-10-8-20(9-11-21)30-18(2)16-22(19(30)3)23(31)17-36-24(32)12-15-29-25(33)27(28-26(29)34)13-6-5-7-14-27/h8-11,16H,4-7,12-15,17H2,1-3H3,(H,28,34). The van der Waals surface area contributed by atoms with Crippen LogP contribution in [0.5, 0.6) is 5.75 Å². The van der Waals surface area contributed by atoms with Crippen molar-refractivity contribution >= 4 is 23.7 Å². The summed E-state index contributed by atoms with van der Waals surface area (Å²) in [6.45, 7) is 5.79. The molecule has 2 aliphatic rings. The number of hydrogen-bond acceptors (Lipinski definition) is 6. The predicted octanol–water partition coefficient (Wildman–Crippen LogP) is 3.86. The Kier molecular flexibility index (Phi) is 7.47. The third-order valence-electron chi connectivity index (χ3n) is 6.99. The number of hydrogen-bond donors (Lipinski definition) is 1. The number of aryl methyl sites for hydroxylation is 1. The molecule has 0 bridgehead atoms. The number of rotatable bonds is 9. The van der Waals surface area contributed by atoms with Crippen molar-refractivity contribution in [3.05, 3.63) is 47.3 Å². The molecule has 1 aliphatic carbocycles. The van der Waals surface area contributed by atoms with E-state index in [1.54, 1.807) is 6.07 Å². The third-order valence-corrected chi connectivity index (χ3v) is 6.99. The second-order valence-corrected chi connectivity index (χ2v) is 9.41. The number of imide groups is 1. The molecule has 2 fully saturated rings. The molecule has 2 aromatic rings. The number of esters is 1. The van der Waals surface area contributed by atoms with Crippen LogP contribution in [0.25, 0.3) is 5.69 Å². The van der Waals surface area contributed by atoms with Crippen LogP contribution in [0, 0.1) is 13.8 Å². The molecular formula is C27H33N3O6. The van der Waals surface area contributed by atoms with Crippen LogP contribution in [0.1, 0.15) is 67.2 Å². The SMILES string of the molecule is CCOc1ccc(-n2c(C)cc(C(=O)COC(=O)CCN3C(=O)NC4(CCCCC4)C3=O)c2C)cc1. The van der Waals surface area contributed by atoms with E-state index in [2.05, 4.69) is 5.32 Å². The first-order chi connectivity index (χ1) is 17.3. The van der Waals surface area contributed by atoms with Crippen LogP contribution in [-0.2, 0) is 14.3 Å². The summed E-state index contributed by atoms with van der Waals surface area (Å²) < 4.78 is 12.6. The van der Waals surface area contributed by atoms with Crippen LogP contribution in [0.3, 0.4) is 0 Å². The summed E-state index contributed by atoms with van der Waals surface area (Å²) in [7, 11) is 0. The number of amides is 3. The molecule has 1 spiro atoms. The summed E-state index contributed by atoms with van der Waals surface area (Å²) in [6.07, 6.45) is 3.93. The second kappa shape index (κ2) is 10.6. The number of nitrogens with one attached hydrogen (secondary N) is 1. The van der Waals surface area contributed by atoms with E-state index < -0.39 is 24.1 Å². The molecule has 1 aliphatic heterocycles. The summed E-state index contributed by atoms with van der Waals surface area (Å²) in [5.74, 6) is -0.439. The van der Waals surface area contributed by atoms with Gasteiger partial charge in [0.1, 0.15) is 11.3 Å². The second-order valence-electron chi connectivity index (χ2n) is 9.41. The topological polar surface area (TPSA) is 107 Å². The van der Waals surface area contributed by atoms with Crippen LogP contribution >= 0.6 is 0 Å². The molecule has 1 N–H and O–H groups in total. The first-order valence-electron chi connectivity index (χ1n) is 12.5. The van der Waals surface area contributed by atoms with Gasteiger partial charge in [0.15, 0.2) is 6.61 Å². The fourth-order valence-electron chi connectivity index (χ4n) is 5.17. The summed E-state index contributed by atoms with van der Waals surface area (Å²) in [5, 5.41) is 2.82. The molecule has 9 nitrogen and oxygen atoms in total. The third kappa shape index (κ3) is 5.01. The first-order valence-corrected chi connectivity index (χ1v) is 12.5. The average Bonchev–Trinajstić information content (AvgIpc) is 3.28. The van der Waals surface area contributed by atoms with Gasteiger partial charge in [-0.25, -0.2) is 4.79 Å². The van der Waals surface area contributed by atoms with Crippen molar-refractivity contribution in [3.63, 3.8) is 0 Å². The Morgan fingerprint density at radius 3 is 2.42 bits per heavy atom. The number of aromatic nitrogens is 1. The minimum absolute atomic E-state index is 0.0638. The average molecular weight is 496 g/mol. The Balaban J connectivity index is 1.32. The van der Waals surface area contributed by atoms with Gasteiger partial charge in [-0.2, -0.15) is 0 Å². The Bertz CT molecular complexity index is 1160. The highest BCUT2D eigenvalue weighted by Crippen LogP contribution is 2.33. The molecule has 1 aromatic heterocycles. The minimum atomic E-state index is -0.818. The molecule has 0 unspecified atom stereocenters. The number of nitrogens with zero attached hydrogens (tertiary/aromatic N) is 2. The minimum Gasteiger partial charge on any atom is -0.494 e. The van der Waals surface area contributed by atoms with Crippen LogP contribution in [-0.4, -0.2) is 58.5 Å². The Morgan fingerprint density at radius 2 is 1.75 bits per heavy atom. The van der Waals surface area contributed by atoms with Crippen LogP contribution in [0.4, 0.5) is 4.79 Å². The zero-order chi connectivity index (χ0) is 25.9. The van der Waals surface area contributed by atoms with E-state index in [-0.39, 0.29) is 24.7 Å². The zero-order valence-electron chi connectivity index (χ0n) is 21.1. The van der Waals surface area contributed by atoms with E-state index in [1.807, 2.05) is 49.6 Å². The fraction of sp³-hybridized carbons (Fsp3) is 0.481. The van der Waals surface area contributed by atoms with Gasteiger partial charge in [-0.15, -0.1) is 0 Å². The molecule has 0 atom stereocenters. The zero-order valence-corrected chi connectivity index (χ0v) is 21.1. The maximum atomic E-state index is 12.8. The van der Waals surface area contributed by atoms with Gasteiger partial charge in [0.2, 0.25) is 5.78 Å². The van der Waals surface area contributed by atoms with Gasteiger partial charge >= 0.3 is 12.0 Å². The quantitative estimate of drug-likeness (QED) is 0.322. The van der Waals surface area contributed by atoms with Gasteiger partial charge in [-0.05, 0) is 63.9 Å².